The highest BCUT2D eigenvalue weighted by molar-refractivity contribution is 4.71. The minimum absolute atomic E-state index is 0.213. The maximum Gasteiger partial charge on any atom is 0.0667 e. The van der Waals surface area contributed by atoms with Gasteiger partial charge < -0.3 is 10.2 Å². The molecule has 2 N–H and O–H groups in total. The van der Waals surface area contributed by atoms with Gasteiger partial charge in [-0.15, -0.1) is 0 Å². The van der Waals surface area contributed by atoms with Gasteiger partial charge in [-0.1, -0.05) is 12.8 Å². The maximum absolute atomic E-state index is 9.98. The molecule has 0 bridgehead atoms. The van der Waals surface area contributed by atoms with E-state index in [4.69, 9.17) is 5.11 Å². The van der Waals surface area contributed by atoms with Gasteiger partial charge in [-0.2, -0.15) is 0 Å². The van der Waals surface area contributed by atoms with Crippen LogP contribution in [0.4, 0.5) is 0 Å². The Morgan fingerprint density at radius 1 is 0.824 bits per heavy atom. The lowest BCUT2D eigenvalue weighted by atomic mass is 10.1. The van der Waals surface area contributed by atoms with E-state index in [1.807, 2.05) is 6.92 Å². The van der Waals surface area contributed by atoms with Gasteiger partial charge in [0.25, 0.3) is 0 Å². The number of unbranched alkanes of at least 4 members (excludes halogenated alkanes) is 1. The normalized spacial score (nSPS) is 15.9. The van der Waals surface area contributed by atoms with Gasteiger partial charge in [0, 0.05) is 18.6 Å². The highest BCUT2D eigenvalue weighted by atomic mass is 16.3. The van der Waals surface area contributed by atoms with E-state index in [0.29, 0.717) is 12.1 Å². The standard InChI is InChI=1S/C14H31NO2/c1-11(2)15(12(3)4)10-14(17)9-7-6-8-13(5)16/h11-14,16-17H,6-10H2,1-5H3. The Labute approximate surface area is 107 Å². The summed E-state index contributed by atoms with van der Waals surface area (Å²) in [4.78, 5) is 2.32. The molecule has 2 atom stereocenters. The van der Waals surface area contributed by atoms with Gasteiger partial charge in [0.2, 0.25) is 0 Å². The van der Waals surface area contributed by atoms with Crippen LogP contribution in [0.15, 0.2) is 0 Å². The zero-order valence-electron chi connectivity index (χ0n) is 12.2. The van der Waals surface area contributed by atoms with Gasteiger partial charge in [-0.05, 0) is 47.5 Å². The predicted octanol–water partition coefficient (Wildman–Crippen LogP) is 2.41. The lowest BCUT2D eigenvalue weighted by molar-refractivity contribution is 0.0682. The first-order valence-corrected chi connectivity index (χ1v) is 6.96. The van der Waals surface area contributed by atoms with Crippen molar-refractivity contribution in [2.45, 2.75) is 84.6 Å². The van der Waals surface area contributed by atoms with Gasteiger partial charge in [-0.25, -0.2) is 0 Å². The molecular weight excluding hydrogens is 214 g/mol. The summed E-state index contributed by atoms with van der Waals surface area (Å²) in [6.07, 6.45) is 3.21. The quantitative estimate of drug-likeness (QED) is 0.613. The Morgan fingerprint density at radius 2 is 1.29 bits per heavy atom. The monoisotopic (exact) mass is 245 g/mol. The van der Waals surface area contributed by atoms with E-state index in [9.17, 15) is 5.11 Å². The predicted molar refractivity (Wildman–Crippen MR) is 73.1 cm³/mol. The van der Waals surface area contributed by atoms with Crippen LogP contribution in [0, 0.1) is 0 Å². The molecule has 3 nitrogen and oxygen atoms in total. The fourth-order valence-corrected chi connectivity index (χ4v) is 2.17. The second-order valence-electron chi connectivity index (χ2n) is 5.67. The van der Waals surface area contributed by atoms with Gasteiger partial charge in [0.1, 0.15) is 0 Å². The molecule has 0 fully saturated rings. The molecule has 0 aromatic rings. The molecule has 17 heavy (non-hydrogen) atoms. The van der Waals surface area contributed by atoms with Crippen LogP contribution in [0.25, 0.3) is 0 Å². The average Bonchev–Trinajstić information content (AvgIpc) is 2.19. The highest BCUT2D eigenvalue weighted by Gasteiger charge is 2.17. The maximum atomic E-state index is 9.98. The number of nitrogens with zero attached hydrogens (tertiary/aromatic N) is 1. The summed E-state index contributed by atoms with van der Waals surface area (Å²) in [7, 11) is 0. The van der Waals surface area contributed by atoms with Crippen LogP contribution in [0.1, 0.15) is 60.3 Å². The molecule has 2 unspecified atom stereocenters. The Hall–Kier alpha value is -0.120. The van der Waals surface area contributed by atoms with Crippen molar-refractivity contribution >= 4 is 0 Å². The average molecular weight is 245 g/mol. The van der Waals surface area contributed by atoms with Crippen molar-refractivity contribution in [1.29, 1.82) is 0 Å². The van der Waals surface area contributed by atoms with Crippen molar-refractivity contribution in [2.75, 3.05) is 6.54 Å². The largest absolute Gasteiger partial charge is 0.393 e. The summed E-state index contributed by atoms with van der Waals surface area (Å²) in [5, 5.41) is 19.1. The van der Waals surface area contributed by atoms with Crippen LogP contribution in [-0.4, -0.2) is 45.9 Å². The fourth-order valence-electron chi connectivity index (χ4n) is 2.17. The molecule has 0 aliphatic carbocycles. The summed E-state index contributed by atoms with van der Waals surface area (Å²) in [5.74, 6) is 0. The molecule has 0 aromatic carbocycles. The molecule has 0 saturated carbocycles. The van der Waals surface area contributed by atoms with Crippen molar-refractivity contribution in [3.63, 3.8) is 0 Å². The molecule has 0 rings (SSSR count). The first-order valence-electron chi connectivity index (χ1n) is 6.96. The first kappa shape index (κ1) is 16.9. The zero-order valence-corrected chi connectivity index (χ0v) is 12.2. The third kappa shape index (κ3) is 8.58. The van der Waals surface area contributed by atoms with E-state index in [2.05, 4.69) is 32.6 Å². The highest BCUT2D eigenvalue weighted by Crippen LogP contribution is 2.11. The van der Waals surface area contributed by atoms with Gasteiger partial charge in [-0.3, -0.25) is 4.90 Å². The van der Waals surface area contributed by atoms with Crippen LogP contribution in [0.2, 0.25) is 0 Å². The fraction of sp³-hybridized carbons (Fsp3) is 1.00. The summed E-state index contributed by atoms with van der Waals surface area (Å²) in [5.41, 5.74) is 0. The van der Waals surface area contributed by atoms with Gasteiger partial charge in [0.05, 0.1) is 12.2 Å². The molecule has 0 spiro atoms. The van der Waals surface area contributed by atoms with Gasteiger partial charge >= 0.3 is 0 Å². The van der Waals surface area contributed by atoms with Crippen molar-refractivity contribution in [1.82, 2.24) is 4.90 Å². The number of rotatable bonds is 9. The van der Waals surface area contributed by atoms with E-state index in [1.165, 1.54) is 0 Å². The number of aliphatic hydroxyl groups is 2. The van der Waals surface area contributed by atoms with E-state index in [0.717, 1.165) is 32.2 Å². The first-order chi connectivity index (χ1) is 7.84. The summed E-state index contributed by atoms with van der Waals surface area (Å²) < 4.78 is 0. The van der Waals surface area contributed by atoms with Crippen LogP contribution in [-0.2, 0) is 0 Å². The summed E-state index contributed by atoms with van der Waals surface area (Å²) >= 11 is 0. The van der Waals surface area contributed by atoms with Crippen LogP contribution in [0.5, 0.6) is 0 Å². The smallest absolute Gasteiger partial charge is 0.0667 e. The number of aliphatic hydroxyl groups excluding tert-OH is 2. The zero-order chi connectivity index (χ0) is 13.4. The molecule has 0 aliphatic heterocycles. The number of hydrogen-bond donors (Lipinski definition) is 2. The minimum atomic E-state index is -0.242. The molecule has 3 heteroatoms. The SMILES string of the molecule is CC(O)CCCCC(O)CN(C(C)C)C(C)C. The lowest BCUT2D eigenvalue weighted by Gasteiger charge is -2.32. The molecule has 0 aromatic heterocycles. The summed E-state index contributed by atoms with van der Waals surface area (Å²) in [6, 6.07) is 0.948. The van der Waals surface area contributed by atoms with Crippen LogP contribution in [0.3, 0.4) is 0 Å². The third-order valence-corrected chi connectivity index (χ3v) is 3.16. The molecule has 0 saturated heterocycles. The van der Waals surface area contributed by atoms with Gasteiger partial charge in [0.15, 0.2) is 0 Å². The second-order valence-corrected chi connectivity index (χ2v) is 5.67. The van der Waals surface area contributed by atoms with Crippen LogP contribution < -0.4 is 0 Å². The molecule has 0 radical (unpaired) electrons. The van der Waals surface area contributed by atoms with Crippen molar-refractivity contribution in [3.8, 4) is 0 Å². The Kier molecular flexibility index (Phi) is 8.83. The van der Waals surface area contributed by atoms with Crippen molar-refractivity contribution in [2.24, 2.45) is 0 Å². The second kappa shape index (κ2) is 8.90. The lowest BCUT2D eigenvalue weighted by Crippen LogP contribution is -2.42. The minimum Gasteiger partial charge on any atom is -0.393 e. The molecule has 0 heterocycles. The molecule has 0 amide bonds. The summed E-state index contributed by atoms with van der Waals surface area (Å²) in [6.45, 7) is 11.2. The van der Waals surface area contributed by atoms with Crippen LogP contribution >= 0.6 is 0 Å². The Bertz CT molecular complexity index is 173. The number of hydrogen-bond acceptors (Lipinski definition) is 3. The van der Waals surface area contributed by atoms with Crippen molar-refractivity contribution < 1.29 is 10.2 Å². The Balaban J connectivity index is 3.79. The molecular formula is C14H31NO2. The van der Waals surface area contributed by atoms with E-state index >= 15 is 0 Å². The van der Waals surface area contributed by atoms with E-state index < -0.39 is 0 Å². The Morgan fingerprint density at radius 3 is 1.71 bits per heavy atom. The molecule has 0 aliphatic rings. The molecule has 104 valence electrons. The van der Waals surface area contributed by atoms with Crippen molar-refractivity contribution in [3.05, 3.63) is 0 Å². The van der Waals surface area contributed by atoms with E-state index in [-0.39, 0.29) is 12.2 Å². The van der Waals surface area contributed by atoms with E-state index in [1.54, 1.807) is 0 Å². The topological polar surface area (TPSA) is 43.7 Å². The third-order valence-electron chi connectivity index (χ3n) is 3.16.